The maximum Gasteiger partial charge on any atom is 0.266 e. The Balaban J connectivity index is 2.10. The van der Waals surface area contributed by atoms with Gasteiger partial charge in [-0.2, -0.15) is 5.26 Å². The minimum Gasteiger partial charge on any atom is -0.337 e. The molecular weight excluding hydrogens is 444 g/mol. The van der Waals surface area contributed by atoms with Gasteiger partial charge < -0.3 is 5.32 Å². The monoisotopic (exact) mass is 468 g/mol. The third kappa shape index (κ3) is 4.52. The van der Waals surface area contributed by atoms with Crippen molar-refractivity contribution in [3.63, 3.8) is 0 Å². The highest BCUT2D eigenvalue weighted by Crippen LogP contribution is 2.29. The summed E-state index contributed by atoms with van der Waals surface area (Å²) in [4.78, 5) is 31.1. The molecule has 1 N–H and O–H groups in total. The Morgan fingerprint density at radius 1 is 1.22 bits per heavy atom. The summed E-state index contributed by atoms with van der Waals surface area (Å²) in [5.41, 5.74) is 0.670. The van der Waals surface area contributed by atoms with Gasteiger partial charge in [-0.1, -0.05) is 55.4 Å². The van der Waals surface area contributed by atoms with Crippen molar-refractivity contribution >= 4 is 40.2 Å². The smallest absolute Gasteiger partial charge is 0.266 e. The van der Waals surface area contributed by atoms with Crippen LogP contribution in [-0.4, -0.2) is 26.2 Å². The van der Waals surface area contributed by atoms with Gasteiger partial charge in [0, 0.05) is 5.02 Å². The van der Waals surface area contributed by atoms with Gasteiger partial charge in [-0.15, -0.1) is 0 Å². The van der Waals surface area contributed by atoms with E-state index in [0.717, 1.165) is 5.56 Å². The molecule has 2 atom stereocenters. The first-order valence-electron chi connectivity index (χ1n) is 10.3. The molecule has 1 heterocycles. The molecule has 32 heavy (non-hydrogen) atoms. The maximum absolute atomic E-state index is 13.5. The van der Waals surface area contributed by atoms with Crippen LogP contribution >= 0.6 is 23.4 Å². The number of rotatable bonds is 6. The number of amides is 1. The van der Waals surface area contributed by atoms with Gasteiger partial charge in [0.05, 0.1) is 27.9 Å². The summed E-state index contributed by atoms with van der Waals surface area (Å²) >= 11 is 7.49. The number of halogens is 1. The van der Waals surface area contributed by atoms with Crippen molar-refractivity contribution in [1.82, 2.24) is 14.9 Å². The van der Waals surface area contributed by atoms with Gasteiger partial charge in [0.15, 0.2) is 5.16 Å². The quantitative estimate of drug-likeness (QED) is 0.411. The lowest BCUT2D eigenvalue weighted by Crippen LogP contribution is -2.51. The van der Waals surface area contributed by atoms with Crippen LogP contribution in [0.5, 0.6) is 0 Å². The van der Waals surface area contributed by atoms with Crippen LogP contribution in [0.2, 0.25) is 5.02 Å². The highest BCUT2D eigenvalue weighted by molar-refractivity contribution is 8.00. The Labute approximate surface area is 196 Å². The predicted molar refractivity (Wildman–Crippen MR) is 129 cm³/mol. The molecule has 1 aromatic heterocycles. The van der Waals surface area contributed by atoms with E-state index in [2.05, 4.69) is 11.4 Å². The second-order valence-corrected chi connectivity index (χ2v) is 9.87. The molecule has 0 saturated carbocycles. The number of nitrogens with zero attached hydrogens (tertiary/aromatic N) is 3. The number of fused-ring (bicyclic) bond motifs is 1. The minimum atomic E-state index is -0.994. The summed E-state index contributed by atoms with van der Waals surface area (Å²) in [5.74, 6) is -0.371. The molecule has 0 radical (unpaired) electrons. The van der Waals surface area contributed by atoms with Gasteiger partial charge in [-0.25, -0.2) is 4.98 Å². The number of para-hydroxylation sites is 1. The molecular formula is C24H25ClN4O2S. The van der Waals surface area contributed by atoms with E-state index in [4.69, 9.17) is 16.6 Å². The van der Waals surface area contributed by atoms with Crippen LogP contribution in [-0.2, 0) is 4.79 Å². The molecule has 0 aliphatic rings. The molecule has 0 bridgehead atoms. The molecule has 3 rings (SSSR count). The number of nitriles is 1. The van der Waals surface area contributed by atoms with Crippen LogP contribution in [0.15, 0.2) is 52.4 Å². The molecule has 0 fully saturated rings. The summed E-state index contributed by atoms with van der Waals surface area (Å²) in [6.45, 7) is 9.03. The Morgan fingerprint density at radius 3 is 2.56 bits per heavy atom. The SMILES string of the molecule is Cc1c(Cl)cccc1-n1c(SC(C)C(=O)NC(C)(C#N)C(C)C)nc2ccccc2c1=O. The van der Waals surface area contributed by atoms with E-state index in [1.165, 1.54) is 16.3 Å². The van der Waals surface area contributed by atoms with Gasteiger partial charge in [0.25, 0.3) is 5.56 Å². The van der Waals surface area contributed by atoms with Crippen LogP contribution in [0, 0.1) is 24.2 Å². The summed E-state index contributed by atoms with van der Waals surface area (Å²) in [5, 5.41) is 13.2. The molecule has 6 nitrogen and oxygen atoms in total. The molecule has 2 aromatic carbocycles. The zero-order valence-corrected chi connectivity index (χ0v) is 20.2. The fraction of sp³-hybridized carbons (Fsp3) is 0.333. The van der Waals surface area contributed by atoms with Crippen molar-refractivity contribution in [2.75, 3.05) is 0 Å². The van der Waals surface area contributed by atoms with E-state index in [1.807, 2.05) is 26.8 Å². The topological polar surface area (TPSA) is 87.8 Å². The molecule has 8 heteroatoms. The largest absolute Gasteiger partial charge is 0.337 e. The first-order chi connectivity index (χ1) is 15.1. The Bertz CT molecular complexity index is 1280. The lowest BCUT2D eigenvalue weighted by molar-refractivity contribution is -0.121. The number of thioether (sulfide) groups is 1. The van der Waals surface area contributed by atoms with E-state index in [-0.39, 0.29) is 17.4 Å². The van der Waals surface area contributed by atoms with Crippen LogP contribution in [0.25, 0.3) is 16.6 Å². The number of benzene rings is 2. The Hall–Kier alpha value is -2.82. The number of carbonyl (C=O) groups is 1. The molecule has 1 amide bonds. The highest BCUT2D eigenvalue weighted by atomic mass is 35.5. The van der Waals surface area contributed by atoms with Crippen molar-refractivity contribution in [3.05, 3.63) is 63.4 Å². The van der Waals surface area contributed by atoms with Gasteiger partial charge >= 0.3 is 0 Å². The number of aromatic nitrogens is 2. The molecule has 0 saturated heterocycles. The predicted octanol–water partition coefficient (Wildman–Crippen LogP) is 4.88. The van der Waals surface area contributed by atoms with Gasteiger partial charge in [-0.05, 0) is 56.5 Å². The average molecular weight is 469 g/mol. The second kappa shape index (κ2) is 9.35. The lowest BCUT2D eigenvalue weighted by Gasteiger charge is -2.28. The zero-order chi connectivity index (χ0) is 23.6. The second-order valence-electron chi connectivity index (χ2n) is 8.15. The average Bonchev–Trinajstić information content (AvgIpc) is 2.76. The van der Waals surface area contributed by atoms with Crippen molar-refractivity contribution in [3.8, 4) is 11.8 Å². The van der Waals surface area contributed by atoms with Gasteiger partial charge in [0.2, 0.25) is 5.91 Å². The summed E-state index contributed by atoms with van der Waals surface area (Å²) in [7, 11) is 0. The normalized spacial score (nSPS) is 14.1. The third-order valence-corrected chi connectivity index (χ3v) is 7.11. The Kier molecular flexibility index (Phi) is 6.97. The van der Waals surface area contributed by atoms with Gasteiger partial charge in [0.1, 0.15) is 5.54 Å². The fourth-order valence-electron chi connectivity index (χ4n) is 3.11. The molecule has 0 aliphatic heterocycles. The first kappa shape index (κ1) is 23.8. The molecule has 166 valence electrons. The van der Waals surface area contributed by atoms with E-state index in [1.54, 1.807) is 50.2 Å². The van der Waals surface area contributed by atoms with E-state index >= 15 is 0 Å². The van der Waals surface area contributed by atoms with Crippen LogP contribution < -0.4 is 10.9 Å². The van der Waals surface area contributed by atoms with Crippen LogP contribution in [0.3, 0.4) is 0 Å². The van der Waals surface area contributed by atoms with Gasteiger partial charge in [-0.3, -0.25) is 14.2 Å². The van der Waals surface area contributed by atoms with Crippen molar-refractivity contribution in [2.24, 2.45) is 5.92 Å². The van der Waals surface area contributed by atoms with Crippen molar-refractivity contribution < 1.29 is 4.79 Å². The Morgan fingerprint density at radius 2 is 1.91 bits per heavy atom. The number of hydrogen-bond acceptors (Lipinski definition) is 5. The standard InChI is InChI=1S/C24H25ClN4O2S/c1-14(2)24(5,13-26)28-21(30)16(4)32-23-27-19-11-7-6-9-17(19)22(31)29(23)20-12-8-10-18(25)15(20)3/h6-12,14,16H,1-5H3,(H,28,30). The summed E-state index contributed by atoms with van der Waals surface area (Å²) in [6, 6.07) is 14.6. The minimum absolute atomic E-state index is 0.0697. The maximum atomic E-state index is 13.5. The summed E-state index contributed by atoms with van der Waals surface area (Å²) < 4.78 is 1.50. The van der Waals surface area contributed by atoms with Crippen LogP contribution in [0.1, 0.15) is 33.3 Å². The lowest BCUT2D eigenvalue weighted by atomic mass is 9.90. The molecule has 0 aliphatic carbocycles. The zero-order valence-electron chi connectivity index (χ0n) is 18.6. The number of carbonyl (C=O) groups excluding carboxylic acids is 1. The van der Waals surface area contributed by atoms with E-state index in [9.17, 15) is 14.9 Å². The van der Waals surface area contributed by atoms with Crippen molar-refractivity contribution in [2.45, 2.75) is 50.6 Å². The fourth-order valence-corrected chi connectivity index (χ4v) is 4.20. The number of hydrogen-bond donors (Lipinski definition) is 1. The molecule has 3 aromatic rings. The van der Waals surface area contributed by atoms with E-state index in [0.29, 0.717) is 26.8 Å². The van der Waals surface area contributed by atoms with Crippen LogP contribution in [0.4, 0.5) is 0 Å². The number of nitrogens with one attached hydrogen (secondary N) is 1. The molecule has 0 spiro atoms. The van der Waals surface area contributed by atoms with Crippen molar-refractivity contribution in [1.29, 1.82) is 5.26 Å². The van der Waals surface area contributed by atoms with E-state index < -0.39 is 10.8 Å². The first-order valence-corrected chi connectivity index (χ1v) is 11.5. The highest BCUT2D eigenvalue weighted by Gasteiger charge is 2.32. The summed E-state index contributed by atoms with van der Waals surface area (Å²) in [6.07, 6.45) is 0. The molecule has 2 unspecified atom stereocenters. The third-order valence-electron chi connectivity index (χ3n) is 5.65.